The molecule has 1 aromatic rings. The minimum Gasteiger partial charge on any atom is -0.444 e. The number of rotatable bonds is 10. The molecule has 0 radical (unpaired) electrons. The van der Waals surface area contributed by atoms with Gasteiger partial charge in [0.05, 0.1) is 6.20 Å². The van der Waals surface area contributed by atoms with Gasteiger partial charge in [-0.05, 0) is 58.4 Å². The van der Waals surface area contributed by atoms with Crippen LogP contribution in [0.5, 0.6) is 0 Å². The van der Waals surface area contributed by atoms with E-state index in [2.05, 4.69) is 41.4 Å². The summed E-state index contributed by atoms with van der Waals surface area (Å²) in [5, 5.41) is 10.6. The maximum absolute atomic E-state index is 12.2. The van der Waals surface area contributed by atoms with Crippen molar-refractivity contribution in [1.29, 1.82) is 0 Å². The Kier molecular flexibility index (Phi) is 10.7. The molecule has 1 rings (SSSR count). The second-order valence-electron chi connectivity index (χ2n) is 9.07. The molecule has 1 atom stereocenters. The van der Waals surface area contributed by atoms with Crippen molar-refractivity contribution in [1.82, 2.24) is 25.3 Å². The second kappa shape index (κ2) is 12.4. The molecule has 1 amide bonds. The highest BCUT2D eigenvalue weighted by Gasteiger charge is 2.22. The van der Waals surface area contributed by atoms with Crippen LogP contribution in [0.25, 0.3) is 0 Å². The predicted molar refractivity (Wildman–Crippen MR) is 123 cm³/mol. The average molecular weight is 423 g/mol. The van der Waals surface area contributed by atoms with Crippen molar-refractivity contribution >= 4 is 12.1 Å². The van der Waals surface area contributed by atoms with E-state index in [1.165, 1.54) is 5.56 Å². The van der Waals surface area contributed by atoms with Crippen LogP contribution in [0, 0.1) is 5.92 Å². The van der Waals surface area contributed by atoms with Crippen LogP contribution in [0.4, 0.5) is 4.79 Å². The van der Waals surface area contributed by atoms with Crippen molar-refractivity contribution in [3.63, 3.8) is 0 Å². The Bertz CT molecular complexity index is 663. The lowest BCUT2D eigenvalue weighted by atomic mass is 10.0. The number of carbonyl (C=O) groups excluding carboxylic acids is 1. The summed E-state index contributed by atoms with van der Waals surface area (Å²) < 4.78 is 7.24. The SMILES string of the molecule is CCNC(=NCCCc1cnn(C)c1)N(C)CCC(NC(=O)OC(C)(C)C)C(C)C. The second-order valence-corrected chi connectivity index (χ2v) is 9.07. The molecule has 0 fully saturated rings. The zero-order valence-corrected chi connectivity index (χ0v) is 20.2. The van der Waals surface area contributed by atoms with Crippen LogP contribution in [0.1, 0.15) is 59.9 Å². The normalized spacial score (nSPS) is 13.3. The first kappa shape index (κ1) is 25.8. The number of aliphatic imine (C=N–C) groups is 1. The Morgan fingerprint density at radius 1 is 1.37 bits per heavy atom. The van der Waals surface area contributed by atoms with Gasteiger partial charge in [0.2, 0.25) is 0 Å². The predicted octanol–water partition coefficient (Wildman–Crippen LogP) is 3.19. The van der Waals surface area contributed by atoms with Gasteiger partial charge in [-0.1, -0.05) is 13.8 Å². The molecule has 0 spiro atoms. The van der Waals surface area contributed by atoms with E-state index in [1.54, 1.807) is 0 Å². The number of aromatic nitrogens is 2. The molecule has 2 N–H and O–H groups in total. The quantitative estimate of drug-likeness (QED) is 0.344. The van der Waals surface area contributed by atoms with Gasteiger partial charge in [0.1, 0.15) is 5.60 Å². The van der Waals surface area contributed by atoms with E-state index >= 15 is 0 Å². The third-order valence-electron chi connectivity index (χ3n) is 4.62. The van der Waals surface area contributed by atoms with Gasteiger partial charge >= 0.3 is 6.09 Å². The molecule has 0 bridgehead atoms. The lowest BCUT2D eigenvalue weighted by Crippen LogP contribution is -2.45. The number of hydrogen-bond acceptors (Lipinski definition) is 4. The number of carbonyl (C=O) groups is 1. The summed E-state index contributed by atoms with van der Waals surface area (Å²) in [7, 11) is 3.97. The highest BCUT2D eigenvalue weighted by Crippen LogP contribution is 2.11. The Balaban J connectivity index is 2.55. The fraction of sp³-hybridized carbons (Fsp3) is 0.773. The molecule has 0 saturated carbocycles. The topological polar surface area (TPSA) is 83.8 Å². The van der Waals surface area contributed by atoms with Crippen molar-refractivity contribution in [2.75, 3.05) is 26.7 Å². The lowest BCUT2D eigenvalue weighted by molar-refractivity contribution is 0.0486. The van der Waals surface area contributed by atoms with E-state index in [1.807, 2.05) is 51.9 Å². The number of ether oxygens (including phenoxy) is 1. The Labute approximate surface area is 182 Å². The van der Waals surface area contributed by atoms with Gasteiger partial charge < -0.3 is 20.3 Å². The fourth-order valence-electron chi connectivity index (χ4n) is 3.01. The highest BCUT2D eigenvalue weighted by molar-refractivity contribution is 5.79. The Morgan fingerprint density at radius 3 is 2.60 bits per heavy atom. The molecule has 8 nitrogen and oxygen atoms in total. The average Bonchev–Trinajstić information content (AvgIpc) is 3.04. The molecule has 1 unspecified atom stereocenters. The van der Waals surface area contributed by atoms with Gasteiger partial charge in [0, 0.05) is 46.0 Å². The molecular formula is C22H42N6O2. The molecule has 30 heavy (non-hydrogen) atoms. The zero-order chi connectivity index (χ0) is 22.7. The monoisotopic (exact) mass is 422 g/mol. The summed E-state index contributed by atoms with van der Waals surface area (Å²) in [6, 6.07) is 0.0377. The molecule has 1 heterocycles. The molecule has 0 aliphatic carbocycles. The first-order valence-corrected chi connectivity index (χ1v) is 11.0. The van der Waals surface area contributed by atoms with Gasteiger partial charge in [0.15, 0.2) is 5.96 Å². The number of guanidine groups is 1. The molecule has 172 valence electrons. The largest absolute Gasteiger partial charge is 0.444 e. The summed E-state index contributed by atoms with van der Waals surface area (Å²) in [5.74, 6) is 1.20. The minimum atomic E-state index is -0.497. The third-order valence-corrected chi connectivity index (χ3v) is 4.62. The van der Waals surface area contributed by atoms with Crippen molar-refractivity contribution in [3.8, 4) is 0 Å². The zero-order valence-electron chi connectivity index (χ0n) is 20.2. The van der Waals surface area contributed by atoms with Gasteiger partial charge in [-0.2, -0.15) is 5.10 Å². The molecule has 0 aliphatic heterocycles. The van der Waals surface area contributed by atoms with E-state index < -0.39 is 5.60 Å². The fourth-order valence-corrected chi connectivity index (χ4v) is 3.01. The van der Waals surface area contributed by atoms with E-state index in [0.717, 1.165) is 44.9 Å². The van der Waals surface area contributed by atoms with Crippen LogP contribution in [0.2, 0.25) is 0 Å². The number of nitrogens with zero attached hydrogens (tertiary/aromatic N) is 4. The van der Waals surface area contributed by atoms with E-state index in [0.29, 0.717) is 5.92 Å². The molecule has 8 heteroatoms. The van der Waals surface area contributed by atoms with Gasteiger partial charge in [-0.3, -0.25) is 9.67 Å². The first-order chi connectivity index (χ1) is 14.0. The number of hydrogen-bond donors (Lipinski definition) is 2. The highest BCUT2D eigenvalue weighted by atomic mass is 16.6. The smallest absolute Gasteiger partial charge is 0.407 e. The summed E-state index contributed by atoms with van der Waals surface area (Å²) in [4.78, 5) is 19.0. The summed E-state index contributed by atoms with van der Waals surface area (Å²) >= 11 is 0. The molecule has 0 saturated heterocycles. The summed E-state index contributed by atoms with van der Waals surface area (Å²) in [5.41, 5.74) is 0.738. The van der Waals surface area contributed by atoms with Crippen LogP contribution in [-0.4, -0.2) is 65.1 Å². The molecule has 0 aliphatic rings. The van der Waals surface area contributed by atoms with Crippen LogP contribution < -0.4 is 10.6 Å². The summed E-state index contributed by atoms with van der Waals surface area (Å²) in [6.07, 6.45) is 6.35. The maximum atomic E-state index is 12.2. The van der Waals surface area contributed by atoms with Gasteiger partial charge in [-0.15, -0.1) is 0 Å². The molecule has 1 aromatic heterocycles. The van der Waals surface area contributed by atoms with E-state index in [-0.39, 0.29) is 12.1 Å². The van der Waals surface area contributed by atoms with Crippen molar-refractivity contribution < 1.29 is 9.53 Å². The van der Waals surface area contributed by atoms with Crippen molar-refractivity contribution in [2.45, 2.75) is 72.4 Å². The van der Waals surface area contributed by atoms with Crippen LogP contribution in [0.15, 0.2) is 17.4 Å². The first-order valence-electron chi connectivity index (χ1n) is 11.0. The molecular weight excluding hydrogens is 380 g/mol. The number of amides is 1. The Morgan fingerprint density at radius 2 is 2.07 bits per heavy atom. The van der Waals surface area contributed by atoms with Gasteiger partial charge in [0.25, 0.3) is 0 Å². The van der Waals surface area contributed by atoms with Crippen LogP contribution in [-0.2, 0) is 18.2 Å². The maximum Gasteiger partial charge on any atom is 0.407 e. The van der Waals surface area contributed by atoms with E-state index in [9.17, 15) is 4.79 Å². The summed E-state index contributed by atoms with van der Waals surface area (Å²) in [6.45, 7) is 14.3. The van der Waals surface area contributed by atoms with Crippen molar-refractivity contribution in [3.05, 3.63) is 18.0 Å². The molecule has 0 aromatic carbocycles. The van der Waals surface area contributed by atoms with Crippen LogP contribution >= 0.6 is 0 Å². The van der Waals surface area contributed by atoms with Crippen LogP contribution in [0.3, 0.4) is 0 Å². The minimum absolute atomic E-state index is 0.0377. The van der Waals surface area contributed by atoms with Gasteiger partial charge in [-0.25, -0.2) is 4.79 Å². The lowest BCUT2D eigenvalue weighted by Gasteiger charge is -2.28. The van der Waals surface area contributed by atoms with E-state index in [4.69, 9.17) is 9.73 Å². The standard InChI is InChI=1S/C22H42N6O2/c1-9-23-20(24-13-10-11-18-15-25-28(8)16-18)27(7)14-12-19(17(2)3)26-21(29)30-22(4,5)6/h15-17,19H,9-14H2,1-8H3,(H,23,24)(H,26,29). The number of aryl methyl sites for hydroxylation is 2. The third kappa shape index (κ3) is 10.5. The van der Waals surface area contributed by atoms with Crippen molar-refractivity contribution in [2.24, 2.45) is 18.0 Å². The number of nitrogens with one attached hydrogen (secondary N) is 2. The Hall–Kier alpha value is -2.25. The number of alkyl carbamates (subject to hydrolysis) is 1.